The molecule has 0 spiro atoms. The molecule has 5 aromatic rings. The van der Waals surface area contributed by atoms with Gasteiger partial charge in [0.15, 0.2) is 6.29 Å². The molecule has 0 aromatic heterocycles. The van der Waals surface area contributed by atoms with E-state index in [1.165, 1.54) is 54.7 Å². The van der Waals surface area contributed by atoms with Crippen LogP contribution in [0.15, 0.2) is 133 Å². The third-order valence-corrected chi connectivity index (χ3v) is 17.7. The van der Waals surface area contributed by atoms with Crippen molar-refractivity contribution in [2.45, 2.75) is 118 Å². The number of carboxylic acid groups (broad SMARTS) is 1. The van der Waals surface area contributed by atoms with Crippen LogP contribution in [0, 0.1) is 0 Å². The average Bonchev–Trinajstić information content (AvgIpc) is 0.780. The Morgan fingerprint density at radius 1 is 0.585 bits per heavy atom. The summed E-state index contributed by atoms with van der Waals surface area (Å²) in [5, 5.41) is 92.9. The highest BCUT2D eigenvalue weighted by molar-refractivity contribution is 7.99. The SMILES string of the molecule is CC(=O)N[C@H]1[C@H]([C@H](O)[C@H](O)CNC(=O)c2ccc(-c3ccccc3)cc2)O[C@](C=O)(OCCCSCCNC(=O)c2ccc(NC(=O)C(N)CSCCCO[C@]3(C(=O)O)C[C@H](O)[C@@H](NC(C)=O)[C@H]([C@H](O)[C@H](O)CNC(=O)c4ccc(-c5ccccc5)cc4)O3)cc2)C[C@@H]1O. The number of rotatable bonds is 34. The summed E-state index contributed by atoms with van der Waals surface area (Å²) in [6.07, 6.45) is -13.7. The first kappa shape index (κ1) is 73.7. The lowest BCUT2D eigenvalue weighted by Gasteiger charge is -2.46. The zero-order chi connectivity index (χ0) is 68.0. The molecule has 7 rings (SSSR count). The maximum Gasteiger partial charge on any atom is 0.364 e. The summed E-state index contributed by atoms with van der Waals surface area (Å²) in [7, 11) is 0. The molecule has 2 saturated heterocycles. The van der Waals surface area contributed by atoms with Gasteiger partial charge in [-0.2, -0.15) is 23.5 Å². The first-order valence-corrected chi connectivity index (χ1v) is 32.8. The molecular weight excluding hydrogens is 1260 g/mol. The van der Waals surface area contributed by atoms with Gasteiger partial charge in [-0.25, -0.2) is 4.79 Å². The number of aliphatic hydroxyl groups excluding tert-OH is 6. The van der Waals surface area contributed by atoms with Crippen LogP contribution in [0.25, 0.3) is 22.3 Å². The van der Waals surface area contributed by atoms with Gasteiger partial charge >= 0.3 is 5.97 Å². The first-order valence-electron chi connectivity index (χ1n) is 30.5. The average molecular weight is 1340 g/mol. The fourth-order valence-electron chi connectivity index (χ4n) is 10.5. The standard InChI is InChI=1S/C66H81N7O19S2/c1-39(75)71-54-50(77)33-65(38-74,91-58(54)56(81)52(79)35-69-61(84)45-19-15-43(16-20-45)41-11-5-3-6-12-41)89-28-9-30-93-32-27-68-60(83)47-23-25-48(26-24-47)73-63(86)49(67)37-94-31-10-29-90-66(64(87)88)34-51(78)55(72-40(2)76)59(92-66)57(82)53(80)36-70-62(85)46-21-17-44(18-22-46)42-13-7-4-8-14-42/h3-8,11-26,38,49-59,77-82H,9-10,27-37,67H2,1-2H3,(H,68,83)(H,69,84)(H,70,85)(H,71,75)(H,72,76)(H,73,86)(H,87,88)/t49?,50-,51-,52+,53+,54+,55+,56+,57+,58+,59+,65+,66+/m0/s1. The van der Waals surface area contributed by atoms with E-state index in [-0.39, 0.29) is 43.4 Å². The van der Waals surface area contributed by atoms with E-state index in [4.69, 9.17) is 24.7 Å². The lowest BCUT2D eigenvalue weighted by Crippen LogP contribution is -2.68. The molecule has 28 heteroatoms. The minimum Gasteiger partial charge on any atom is -0.477 e. The van der Waals surface area contributed by atoms with Gasteiger partial charge in [0, 0.05) is 80.2 Å². The highest BCUT2D eigenvalue weighted by atomic mass is 32.2. The number of carbonyl (C=O) groups excluding carboxylic acids is 7. The Morgan fingerprint density at radius 2 is 1.02 bits per heavy atom. The second kappa shape index (κ2) is 35.7. The number of nitrogens with two attached hydrogens (primary N) is 1. The lowest BCUT2D eigenvalue weighted by molar-refractivity contribution is -0.310. The molecule has 0 aliphatic carbocycles. The molecule has 5 aromatic carbocycles. The number of thioether (sulfide) groups is 2. The summed E-state index contributed by atoms with van der Waals surface area (Å²) < 4.78 is 23.4. The van der Waals surface area contributed by atoms with Crippen LogP contribution in [0.1, 0.15) is 70.6 Å². The van der Waals surface area contributed by atoms with Crippen molar-refractivity contribution in [3.8, 4) is 22.3 Å². The molecule has 2 aliphatic heterocycles. The minimum atomic E-state index is -2.52. The van der Waals surface area contributed by atoms with Crippen LogP contribution in [0.2, 0.25) is 0 Å². The number of aliphatic carboxylic acids is 1. The number of carbonyl (C=O) groups is 8. The minimum absolute atomic E-state index is 0.0311. The van der Waals surface area contributed by atoms with Crippen LogP contribution in [-0.4, -0.2) is 218 Å². The van der Waals surface area contributed by atoms with Gasteiger partial charge in [-0.05, 0) is 95.1 Å². The van der Waals surface area contributed by atoms with Crippen molar-refractivity contribution in [1.29, 1.82) is 0 Å². The van der Waals surface area contributed by atoms with Gasteiger partial charge in [-0.3, -0.25) is 33.6 Å². The molecule has 13 atom stereocenters. The molecule has 94 heavy (non-hydrogen) atoms. The van der Waals surface area contributed by atoms with Crippen molar-refractivity contribution < 1.29 is 93.0 Å². The monoisotopic (exact) mass is 1340 g/mol. The Balaban J connectivity index is 0.776. The van der Waals surface area contributed by atoms with Crippen molar-refractivity contribution in [2.75, 3.05) is 61.2 Å². The van der Waals surface area contributed by atoms with E-state index in [0.717, 1.165) is 29.2 Å². The Hall–Kier alpha value is -7.68. The highest BCUT2D eigenvalue weighted by Crippen LogP contribution is 2.35. The lowest BCUT2D eigenvalue weighted by atomic mass is 9.88. The van der Waals surface area contributed by atoms with Gasteiger partial charge in [0.1, 0.15) is 24.4 Å². The molecule has 15 N–H and O–H groups in total. The normalized spacial score (nSPS) is 22.6. The van der Waals surface area contributed by atoms with E-state index in [1.807, 2.05) is 60.7 Å². The predicted molar refractivity (Wildman–Crippen MR) is 349 cm³/mol. The first-order chi connectivity index (χ1) is 45.0. The summed E-state index contributed by atoms with van der Waals surface area (Å²) in [5.74, 6) is -7.96. The fourth-order valence-corrected chi connectivity index (χ4v) is 12.1. The number of hydrogen-bond acceptors (Lipinski definition) is 21. The highest BCUT2D eigenvalue weighted by Gasteiger charge is 2.56. The molecule has 2 heterocycles. The third-order valence-electron chi connectivity index (χ3n) is 15.5. The Bertz CT molecular complexity index is 3310. The number of aliphatic hydroxyl groups is 6. The van der Waals surface area contributed by atoms with Crippen molar-refractivity contribution >= 4 is 76.9 Å². The van der Waals surface area contributed by atoms with E-state index >= 15 is 0 Å². The van der Waals surface area contributed by atoms with E-state index in [9.17, 15) is 74.1 Å². The van der Waals surface area contributed by atoms with Gasteiger partial charge in [-0.1, -0.05) is 84.9 Å². The van der Waals surface area contributed by atoms with E-state index in [2.05, 4.69) is 31.9 Å². The number of benzene rings is 5. The van der Waals surface area contributed by atoms with Crippen LogP contribution in [-0.2, 0) is 42.9 Å². The number of anilines is 1. The van der Waals surface area contributed by atoms with Gasteiger partial charge in [0.25, 0.3) is 23.5 Å². The molecule has 2 aliphatic rings. The predicted octanol–water partition coefficient (Wildman–Crippen LogP) is 1.58. The quantitative estimate of drug-likeness (QED) is 0.0205. The number of ether oxygens (including phenoxy) is 4. The smallest absolute Gasteiger partial charge is 0.364 e. The molecule has 0 saturated carbocycles. The molecule has 506 valence electrons. The Morgan fingerprint density at radius 3 is 1.50 bits per heavy atom. The second-order valence-corrected chi connectivity index (χ2v) is 25.0. The third kappa shape index (κ3) is 20.9. The van der Waals surface area contributed by atoms with Crippen LogP contribution in [0.5, 0.6) is 0 Å². The maximum absolute atomic E-state index is 13.0. The number of carboxylic acids is 1. The van der Waals surface area contributed by atoms with Crippen LogP contribution >= 0.6 is 23.5 Å². The molecule has 26 nitrogen and oxygen atoms in total. The molecule has 2 fully saturated rings. The topological polar surface area (TPSA) is 413 Å². The molecule has 1 unspecified atom stereocenters. The van der Waals surface area contributed by atoms with Crippen LogP contribution in [0.3, 0.4) is 0 Å². The summed E-state index contributed by atoms with van der Waals surface area (Å²) in [6.45, 7) is 1.38. The van der Waals surface area contributed by atoms with Gasteiger partial charge in [0.05, 0.1) is 55.8 Å². The van der Waals surface area contributed by atoms with Crippen molar-refractivity contribution in [1.82, 2.24) is 26.6 Å². The molecule has 6 amide bonds. The number of aldehydes is 1. The number of hydrogen-bond donors (Lipinski definition) is 14. The van der Waals surface area contributed by atoms with E-state index in [1.54, 1.807) is 48.5 Å². The summed E-state index contributed by atoms with van der Waals surface area (Å²) in [4.78, 5) is 101. The van der Waals surface area contributed by atoms with Crippen LogP contribution < -0.4 is 37.6 Å². The molecular formula is C66H81N7O19S2. The Labute approximate surface area is 551 Å². The van der Waals surface area contributed by atoms with Gasteiger partial charge in [0.2, 0.25) is 23.5 Å². The molecule has 0 radical (unpaired) electrons. The van der Waals surface area contributed by atoms with Crippen molar-refractivity contribution in [2.24, 2.45) is 5.73 Å². The van der Waals surface area contributed by atoms with Gasteiger partial charge < -0.3 is 92.3 Å². The number of nitrogens with one attached hydrogen (secondary N) is 6. The van der Waals surface area contributed by atoms with Crippen molar-refractivity contribution in [3.05, 3.63) is 150 Å². The van der Waals surface area contributed by atoms with Crippen LogP contribution in [0.4, 0.5) is 5.69 Å². The largest absolute Gasteiger partial charge is 0.477 e. The van der Waals surface area contributed by atoms with Gasteiger partial charge in [-0.15, -0.1) is 0 Å². The van der Waals surface area contributed by atoms with E-state index < -0.39 is 140 Å². The summed E-state index contributed by atoms with van der Waals surface area (Å²) >= 11 is 2.74. The zero-order valence-electron chi connectivity index (χ0n) is 51.7. The fraction of sp³-hybridized carbons (Fsp3) is 0.424. The number of amides is 6. The maximum atomic E-state index is 13.0. The summed E-state index contributed by atoms with van der Waals surface area (Å²) in [6, 6.07) is 35.0. The second-order valence-electron chi connectivity index (χ2n) is 22.6. The van der Waals surface area contributed by atoms with E-state index in [0.29, 0.717) is 46.8 Å². The molecule has 0 bridgehead atoms. The summed E-state index contributed by atoms with van der Waals surface area (Å²) in [5.41, 5.74) is 11.1. The van der Waals surface area contributed by atoms with Crippen molar-refractivity contribution in [3.63, 3.8) is 0 Å². The Kier molecular flexibility index (Phi) is 28.0. The zero-order valence-corrected chi connectivity index (χ0v) is 53.4.